The van der Waals surface area contributed by atoms with Crippen LogP contribution in [0.4, 0.5) is 5.69 Å². The molecular weight excluding hydrogens is 348 g/mol. The Morgan fingerprint density at radius 1 is 1.12 bits per heavy atom. The molecule has 2 bridgehead atoms. The highest BCUT2D eigenvalue weighted by atomic mass is 32.2. The van der Waals surface area contributed by atoms with Gasteiger partial charge >= 0.3 is 0 Å². The Balaban J connectivity index is 1.89. The molecule has 0 amide bonds. The lowest BCUT2D eigenvalue weighted by Crippen LogP contribution is -2.54. The first-order valence-corrected chi connectivity index (χ1v) is 11.3. The summed E-state index contributed by atoms with van der Waals surface area (Å²) in [5, 5.41) is 0. The molecule has 6 heteroatoms. The maximum absolute atomic E-state index is 12.7. The Kier molecular flexibility index (Phi) is 5.54. The summed E-state index contributed by atoms with van der Waals surface area (Å²) in [6.45, 7) is 11.3. The molecule has 0 N–H and O–H groups in total. The van der Waals surface area contributed by atoms with E-state index in [2.05, 4.69) is 30.9 Å². The van der Waals surface area contributed by atoms with Crippen molar-refractivity contribution >= 4 is 15.7 Å². The van der Waals surface area contributed by atoms with Crippen LogP contribution in [0.15, 0.2) is 24.3 Å². The van der Waals surface area contributed by atoms with Crippen molar-refractivity contribution in [1.29, 1.82) is 0 Å². The highest BCUT2D eigenvalue weighted by Gasteiger charge is 2.47. The summed E-state index contributed by atoms with van der Waals surface area (Å²) >= 11 is 0. The number of benzene rings is 1. The Labute approximate surface area is 158 Å². The Hall–Kier alpha value is -1.27. The molecule has 4 rings (SSSR count). The molecule has 1 aromatic carbocycles. The van der Waals surface area contributed by atoms with Crippen molar-refractivity contribution in [3.8, 4) is 5.75 Å². The first-order chi connectivity index (χ1) is 12.3. The third-order valence-electron chi connectivity index (χ3n) is 5.72. The van der Waals surface area contributed by atoms with E-state index in [9.17, 15) is 8.42 Å². The topological polar surface area (TPSA) is 49.9 Å². The normalized spacial score (nSPS) is 25.9. The Bertz CT molecular complexity index is 715. The number of hydrogen-bond acceptors (Lipinski definition) is 4. The van der Waals surface area contributed by atoms with E-state index in [1.54, 1.807) is 4.31 Å². The lowest BCUT2D eigenvalue weighted by atomic mass is 9.73. The molecular formula is C20H32N2O3S. The van der Waals surface area contributed by atoms with Crippen LogP contribution in [0.5, 0.6) is 5.75 Å². The van der Waals surface area contributed by atoms with Crippen LogP contribution in [-0.2, 0) is 10.0 Å². The quantitative estimate of drug-likeness (QED) is 0.759. The minimum absolute atomic E-state index is 0.0813. The van der Waals surface area contributed by atoms with Crippen molar-refractivity contribution < 1.29 is 13.2 Å². The fourth-order valence-corrected chi connectivity index (χ4v) is 6.18. The van der Waals surface area contributed by atoms with E-state index in [0.717, 1.165) is 24.4 Å². The zero-order valence-electron chi connectivity index (χ0n) is 16.4. The van der Waals surface area contributed by atoms with Gasteiger partial charge in [-0.25, -0.2) is 8.42 Å². The summed E-state index contributed by atoms with van der Waals surface area (Å²) in [5.41, 5.74) is 1.24. The van der Waals surface area contributed by atoms with Gasteiger partial charge in [-0.15, -0.1) is 0 Å². The molecule has 146 valence electrons. The number of anilines is 1. The number of fused-ring (bicyclic) bond motifs is 4. The van der Waals surface area contributed by atoms with Crippen molar-refractivity contribution in [2.75, 3.05) is 36.9 Å². The van der Waals surface area contributed by atoms with E-state index in [1.807, 2.05) is 26.0 Å². The Morgan fingerprint density at radius 2 is 1.81 bits per heavy atom. The minimum Gasteiger partial charge on any atom is -0.494 e. The largest absolute Gasteiger partial charge is 0.494 e. The molecule has 3 aliphatic heterocycles. The Morgan fingerprint density at radius 3 is 2.42 bits per heavy atom. The molecule has 26 heavy (non-hydrogen) atoms. The summed E-state index contributed by atoms with van der Waals surface area (Å²) in [6.07, 6.45) is 1.74. The smallest absolute Gasteiger partial charge is 0.214 e. The number of piperidine rings is 1. The van der Waals surface area contributed by atoms with Gasteiger partial charge in [-0.2, -0.15) is 4.31 Å². The van der Waals surface area contributed by atoms with Crippen LogP contribution in [-0.4, -0.2) is 50.8 Å². The predicted molar refractivity (Wildman–Crippen MR) is 106 cm³/mol. The molecule has 3 saturated heterocycles. The number of rotatable bonds is 6. The van der Waals surface area contributed by atoms with Gasteiger partial charge in [0.05, 0.1) is 12.4 Å². The summed E-state index contributed by atoms with van der Waals surface area (Å²) in [4.78, 5) is 2.42. The summed E-state index contributed by atoms with van der Waals surface area (Å²) < 4.78 is 32.8. The molecule has 2 unspecified atom stereocenters. The van der Waals surface area contributed by atoms with Crippen LogP contribution >= 0.6 is 0 Å². The van der Waals surface area contributed by atoms with Crippen LogP contribution in [0.2, 0.25) is 0 Å². The minimum atomic E-state index is -3.17. The highest BCUT2D eigenvalue weighted by molar-refractivity contribution is 7.89. The van der Waals surface area contributed by atoms with E-state index in [1.165, 1.54) is 0 Å². The molecule has 5 nitrogen and oxygen atoms in total. The molecule has 3 heterocycles. The van der Waals surface area contributed by atoms with E-state index < -0.39 is 10.0 Å². The molecule has 2 atom stereocenters. The van der Waals surface area contributed by atoms with Crippen molar-refractivity contribution in [2.24, 2.45) is 11.3 Å². The SMILES string of the molecule is CCCS(=O)(=O)N1CC2CN(c3ccc(OCC)cc3)C(C1)C(C)(C)C2. The number of nitrogens with zero attached hydrogens (tertiary/aromatic N) is 2. The van der Waals surface area contributed by atoms with Crippen LogP contribution in [0.25, 0.3) is 0 Å². The molecule has 1 aromatic rings. The van der Waals surface area contributed by atoms with Gasteiger partial charge in [0.15, 0.2) is 0 Å². The monoisotopic (exact) mass is 380 g/mol. The summed E-state index contributed by atoms with van der Waals surface area (Å²) in [7, 11) is -3.17. The van der Waals surface area contributed by atoms with Crippen molar-refractivity contribution in [2.45, 2.75) is 46.6 Å². The lowest BCUT2D eigenvalue weighted by Gasteiger charge is -2.48. The summed E-state index contributed by atoms with van der Waals surface area (Å²) in [6, 6.07) is 8.41. The lowest BCUT2D eigenvalue weighted by molar-refractivity contribution is 0.192. The van der Waals surface area contributed by atoms with Crippen molar-refractivity contribution in [3.05, 3.63) is 24.3 Å². The van der Waals surface area contributed by atoms with E-state index in [4.69, 9.17) is 4.74 Å². The van der Waals surface area contributed by atoms with E-state index in [0.29, 0.717) is 32.0 Å². The fourth-order valence-electron chi connectivity index (χ4n) is 4.60. The van der Waals surface area contributed by atoms with Crippen LogP contribution in [0.3, 0.4) is 0 Å². The second kappa shape index (κ2) is 7.39. The molecule has 0 aliphatic carbocycles. The van der Waals surface area contributed by atoms with Crippen molar-refractivity contribution in [3.63, 3.8) is 0 Å². The van der Waals surface area contributed by atoms with Gasteiger partial charge in [-0.05, 0) is 55.4 Å². The van der Waals surface area contributed by atoms with Gasteiger partial charge in [-0.3, -0.25) is 0 Å². The van der Waals surface area contributed by atoms with Gasteiger partial charge in [0, 0.05) is 31.4 Å². The van der Waals surface area contributed by atoms with Crippen LogP contribution in [0.1, 0.15) is 40.5 Å². The van der Waals surface area contributed by atoms with Gasteiger partial charge < -0.3 is 9.64 Å². The average Bonchev–Trinajstić information content (AvgIpc) is 2.83. The van der Waals surface area contributed by atoms with Gasteiger partial charge in [0.25, 0.3) is 0 Å². The number of hydrogen-bond donors (Lipinski definition) is 0. The standard InChI is InChI=1S/C20H32N2O3S/c1-5-11-26(23,24)21-13-16-12-20(3,4)19(15-21)22(14-16)17-7-9-18(10-8-17)25-6-2/h7-10,16,19H,5-6,11-15H2,1-4H3. The van der Waals surface area contributed by atoms with Crippen LogP contribution < -0.4 is 9.64 Å². The number of sulfonamides is 1. The van der Waals surface area contributed by atoms with Gasteiger partial charge in [-0.1, -0.05) is 20.8 Å². The number of ether oxygens (including phenoxy) is 1. The third-order valence-corrected chi connectivity index (χ3v) is 7.73. The predicted octanol–water partition coefficient (Wildman–Crippen LogP) is 3.36. The molecule has 3 aliphatic rings. The third kappa shape index (κ3) is 3.86. The van der Waals surface area contributed by atoms with Gasteiger partial charge in [0.1, 0.15) is 5.75 Å². The molecule has 0 saturated carbocycles. The van der Waals surface area contributed by atoms with Crippen LogP contribution in [0, 0.1) is 11.3 Å². The maximum atomic E-state index is 12.7. The van der Waals surface area contributed by atoms with E-state index >= 15 is 0 Å². The van der Waals surface area contributed by atoms with E-state index in [-0.39, 0.29) is 17.2 Å². The maximum Gasteiger partial charge on any atom is 0.214 e. The highest BCUT2D eigenvalue weighted by Crippen LogP contribution is 2.44. The molecule has 0 spiro atoms. The first kappa shape index (κ1) is 19.5. The van der Waals surface area contributed by atoms with Crippen molar-refractivity contribution in [1.82, 2.24) is 4.31 Å². The second-order valence-electron chi connectivity index (χ2n) is 8.29. The zero-order chi connectivity index (χ0) is 18.9. The zero-order valence-corrected chi connectivity index (χ0v) is 17.3. The molecule has 3 fully saturated rings. The van der Waals surface area contributed by atoms with Gasteiger partial charge in [0.2, 0.25) is 10.0 Å². The second-order valence-corrected chi connectivity index (χ2v) is 10.4. The molecule has 0 aromatic heterocycles. The summed E-state index contributed by atoms with van der Waals surface area (Å²) in [5.74, 6) is 1.49. The molecule has 0 radical (unpaired) electrons. The first-order valence-electron chi connectivity index (χ1n) is 9.74. The fraction of sp³-hybridized carbons (Fsp3) is 0.700. The average molecular weight is 381 g/mol.